The number of carbonyl (C=O) groups excluding carboxylic acids is 2. The highest BCUT2D eigenvalue weighted by molar-refractivity contribution is 6.83. The first kappa shape index (κ1) is 17.5. The predicted octanol–water partition coefficient (Wildman–Crippen LogP) is 2.31. The lowest BCUT2D eigenvalue weighted by atomic mass is 10.1. The van der Waals surface area contributed by atoms with Crippen molar-refractivity contribution in [2.24, 2.45) is 0 Å². The van der Waals surface area contributed by atoms with Gasteiger partial charge >= 0.3 is 11.9 Å². The third kappa shape index (κ3) is 9.09. The molecule has 0 unspecified atom stereocenters. The molecule has 2 atom stereocenters. The standard InChI is InChI=1S/C14H22O4Si/c1-7-13(17-11(2)15)14(18-12(3)16)9-8-10-19(4,5)6/h7,13-14H,1,9H2,2-6H3/t13-,14-/m0/s1. The number of hydrogen-bond donors (Lipinski definition) is 0. The Morgan fingerprint density at radius 3 is 2.11 bits per heavy atom. The lowest BCUT2D eigenvalue weighted by Crippen LogP contribution is -2.32. The second-order valence-electron chi connectivity index (χ2n) is 5.21. The first-order chi connectivity index (χ1) is 8.65. The van der Waals surface area contributed by atoms with Crippen molar-refractivity contribution in [3.8, 4) is 11.5 Å². The summed E-state index contributed by atoms with van der Waals surface area (Å²) in [4.78, 5) is 22.1. The minimum Gasteiger partial charge on any atom is -0.457 e. The molecule has 0 aliphatic heterocycles. The summed E-state index contributed by atoms with van der Waals surface area (Å²) in [5.74, 6) is 2.14. The van der Waals surface area contributed by atoms with Gasteiger partial charge in [-0.3, -0.25) is 9.59 Å². The quantitative estimate of drug-likeness (QED) is 0.336. The van der Waals surface area contributed by atoms with Crippen molar-refractivity contribution in [3.05, 3.63) is 12.7 Å². The molecule has 0 rings (SSSR count). The van der Waals surface area contributed by atoms with Gasteiger partial charge in [-0.05, 0) is 6.08 Å². The first-order valence-electron chi connectivity index (χ1n) is 6.12. The van der Waals surface area contributed by atoms with Gasteiger partial charge in [0, 0.05) is 20.3 Å². The molecule has 0 aliphatic rings. The minimum atomic E-state index is -1.48. The van der Waals surface area contributed by atoms with Crippen LogP contribution in [0.15, 0.2) is 12.7 Å². The van der Waals surface area contributed by atoms with E-state index in [9.17, 15) is 9.59 Å². The number of ether oxygens (including phenoxy) is 2. The maximum Gasteiger partial charge on any atom is 0.303 e. The minimum absolute atomic E-state index is 0.327. The third-order valence-corrected chi connectivity index (χ3v) is 2.91. The maximum absolute atomic E-state index is 11.1. The molecule has 0 aromatic carbocycles. The Bertz CT molecular complexity index is 398. The predicted molar refractivity (Wildman–Crippen MR) is 77.0 cm³/mol. The third-order valence-electron chi connectivity index (χ3n) is 1.98. The number of esters is 2. The van der Waals surface area contributed by atoms with E-state index in [1.54, 1.807) is 0 Å². The van der Waals surface area contributed by atoms with Crippen molar-refractivity contribution in [2.75, 3.05) is 0 Å². The topological polar surface area (TPSA) is 52.6 Å². The lowest BCUT2D eigenvalue weighted by Gasteiger charge is -2.22. The Morgan fingerprint density at radius 2 is 1.74 bits per heavy atom. The van der Waals surface area contributed by atoms with Gasteiger partial charge in [-0.1, -0.05) is 26.2 Å². The van der Waals surface area contributed by atoms with Crippen LogP contribution in [-0.2, 0) is 19.1 Å². The Morgan fingerprint density at radius 1 is 1.21 bits per heavy atom. The molecule has 106 valence electrons. The molecular formula is C14H22O4Si. The Labute approximate surface area is 116 Å². The number of carbonyl (C=O) groups is 2. The summed E-state index contributed by atoms with van der Waals surface area (Å²) in [6.45, 7) is 12.6. The van der Waals surface area contributed by atoms with Crippen molar-refractivity contribution >= 4 is 20.0 Å². The van der Waals surface area contributed by atoms with Gasteiger partial charge in [-0.2, -0.15) is 0 Å². The Balaban J connectivity index is 4.86. The highest BCUT2D eigenvalue weighted by Gasteiger charge is 2.23. The smallest absolute Gasteiger partial charge is 0.303 e. The molecule has 0 heterocycles. The fourth-order valence-electron chi connectivity index (χ4n) is 1.32. The normalized spacial score (nSPS) is 13.5. The molecule has 4 nitrogen and oxygen atoms in total. The molecule has 0 radical (unpaired) electrons. The van der Waals surface area contributed by atoms with Crippen LogP contribution in [0, 0.1) is 11.5 Å². The fourth-order valence-corrected chi connectivity index (χ4v) is 1.95. The van der Waals surface area contributed by atoms with E-state index < -0.39 is 32.2 Å². The zero-order valence-electron chi connectivity index (χ0n) is 12.3. The van der Waals surface area contributed by atoms with E-state index >= 15 is 0 Å². The van der Waals surface area contributed by atoms with Crippen LogP contribution < -0.4 is 0 Å². The van der Waals surface area contributed by atoms with Crippen LogP contribution in [-0.4, -0.2) is 32.2 Å². The van der Waals surface area contributed by atoms with Gasteiger partial charge in [0.05, 0.1) is 0 Å². The maximum atomic E-state index is 11.1. The zero-order chi connectivity index (χ0) is 15.1. The number of rotatable bonds is 5. The van der Waals surface area contributed by atoms with Gasteiger partial charge in [0.1, 0.15) is 8.07 Å². The van der Waals surface area contributed by atoms with Gasteiger partial charge < -0.3 is 9.47 Å². The molecule has 19 heavy (non-hydrogen) atoms. The van der Waals surface area contributed by atoms with E-state index in [0.717, 1.165) is 0 Å². The molecule has 0 fully saturated rings. The van der Waals surface area contributed by atoms with Crippen molar-refractivity contribution in [2.45, 2.75) is 52.1 Å². The molecule has 5 heteroatoms. The highest BCUT2D eigenvalue weighted by atomic mass is 28.3. The van der Waals surface area contributed by atoms with Crippen LogP contribution in [0.1, 0.15) is 20.3 Å². The van der Waals surface area contributed by atoms with Crippen LogP contribution >= 0.6 is 0 Å². The average Bonchev–Trinajstić information content (AvgIpc) is 2.22. The summed E-state index contributed by atoms with van der Waals surface area (Å²) in [6, 6.07) is 0. The first-order valence-corrected chi connectivity index (χ1v) is 9.62. The van der Waals surface area contributed by atoms with E-state index in [1.165, 1.54) is 19.9 Å². The summed E-state index contributed by atoms with van der Waals surface area (Å²) in [5.41, 5.74) is 3.18. The summed E-state index contributed by atoms with van der Waals surface area (Å²) in [5, 5.41) is 0. The van der Waals surface area contributed by atoms with Crippen LogP contribution in [0.25, 0.3) is 0 Å². The zero-order valence-corrected chi connectivity index (χ0v) is 13.3. The Kier molecular flexibility index (Phi) is 7.16. The summed E-state index contributed by atoms with van der Waals surface area (Å²) >= 11 is 0. The van der Waals surface area contributed by atoms with Crippen molar-refractivity contribution < 1.29 is 19.1 Å². The van der Waals surface area contributed by atoms with Crippen LogP contribution in [0.5, 0.6) is 0 Å². The van der Waals surface area contributed by atoms with Gasteiger partial charge in [0.15, 0.2) is 12.2 Å². The molecule has 0 saturated carbocycles. The molecule has 0 N–H and O–H groups in total. The van der Waals surface area contributed by atoms with E-state index in [2.05, 4.69) is 37.7 Å². The molecule has 0 aromatic heterocycles. The molecule has 0 amide bonds. The van der Waals surface area contributed by atoms with Crippen molar-refractivity contribution in [3.63, 3.8) is 0 Å². The molecular weight excluding hydrogens is 260 g/mol. The molecule has 0 aliphatic carbocycles. The molecule has 0 aromatic rings. The van der Waals surface area contributed by atoms with Crippen molar-refractivity contribution in [1.29, 1.82) is 0 Å². The fraction of sp³-hybridized carbons (Fsp3) is 0.571. The second-order valence-corrected chi connectivity index (χ2v) is 9.96. The monoisotopic (exact) mass is 282 g/mol. The molecule has 0 saturated heterocycles. The largest absolute Gasteiger partial charge is 0.457 e. The van der Waals surface area contributed by atoms with Crippen LogP contribution in [0.2, 0.25) is 19.6 Å². The summed E-state index contributed by atoms with van der Waals surface area (Å²) in [6.07, 6.45) is 0.499. The van der Waals surface area contributed by atoms with E-state index in [-0.39, 0.29) is 0 Å². The SMILES string of the molecule is C=C[C@H](OC(C)=O)[C@H](CC#C[Si](C)(C)C)OC(C)=O. The summed E-state index contributed by atoms with van der Waals surface area (Å²) in [7, 11) is -1.48. The molecule has 0 bridgehead atoms. The van der Waals surface area contributed by atoms with Crippen LogP contribution in [0.4, 0.5) is 0 Å². The second kappa shape index (κ2) is 7.80. The average molecular weight is 282 g/mol. The van der Waals surface area contributed by atoms with Gasteiger partial charge in [-0.25, -0.2) is 0 Å². The Hall–Kier alpha value is -1.54. The van der Waals surface area contributed by atoms with Gasteiger partial charge in [0.25, 0.3) is 0 Å². The highest BCUT2D eigenvalue weighted by Crippen LogP contribution is 2.11. The van der Waals surface area contributed by atoms with Crippen LogP contribution in [0.3, 0.4) is 0 Å². The number of hydrogen-bond acceptors (Lipinski definition) is 4. The van der Waals surface area contributed by atoms with Crippen molar-refractivity contribution in [1.82, 2.24) is 0 Å². The van der Waals surface area contributed by atoms with Gasteiger partial charge in [-0.15, -0.1) is 11.5 Å². The van der Waals surface area contributed by atoms with E-state index in [4.69, 9.17) is 9.47 Å². The molecule has 0 spiro atoms. The van der Waals surface area contributed by atoms with E-state index in [0.29, 0.717) is 6.42 Å². The van der Waals surface area contributed by atoms with E-state index in [1.807, 2.05) is 0 Å². The lowest BCUT2D eigenvalue weighted by molar-refractivity contribution is -0.161. The van der Waals surface area contributed by atoms with Gasteiger partial charge in [0.2, 0.25) is 0 Å². The summed E-state index contributed by atoms with van der Waals surface area (Å²) < 4.78 is 10.2.